The van der Waals surface area contributed by atoms with Gasteiger partial charge in [0.1, 0.15) is 0 Å². The number of rotatable bonds is 1. The van der Waals surface area contributed by atoms with Crippen LogP contribution in [-0.2, 0) is 0 Å². The van der Waals surface area contributed by atoms with Crippen LogP contribution in [0.4, 0.5) is 0 Å². The molecule has 3 heteroatoms. The van der Waals surface area contributed by atoms with Crippen LogP contribution in [0.1, 0.15) is 11.7 Å². The summed E-state index contributed by atoms with van der Waals surface area (Å²) in [5.41, 5.74) is 0.902. The Morgan fingerprint density at radius 3 is 2.82 bits per heavy atom. The number of fused-ring (bicyclic) bond motifs is 1. The maximum absolute atomic E-state index is 9.43. The third-order valence-electron chi connectivity index (χ3n) is 2.83. The van der Waals surface area contributed by atoms with E-state index >= 15 is 0 Å². The highest BCUT2D eigenvalue weighted by atomic mass is 16.3. The number of aliphatic hydroxyl groups is 1. The van der Waals surface area contributed by atoms with Gasteiger partial charge in [0.25, 0.3) is 0 Å². The summed E-state index contributed by atoms with van der Waals surface area (Å²) in [6, 6.07) is 10.1. The third-order valence-corrected chi connectivity index (χ3v) is 2.83. The van der Waals surface area contributed by atoms with Gasteiger partial charge >= 0.3 is 0 Å². The van der Waals surface area contributed by atoms with Gasteiger partial charge in [-0.05, 0) is 17.5 Å². The number of nitrogens with zero attached hydrogens (tertiary/aromatic N) is 1. The molecule has 3 nitrogen and oxygen atoms in total. The summed E-state index contributed by atoms with van der Waals surface area (Å²) < 4.78 is 0. The molecule has 0 bridgehead atoms. The maximum Gasteiger partial charge on any atom is 0.184 e. The molecule has 1 aromatic carbocycles. The number of pyridine rings is 1. The lowest BCUT2D eigenvalue weighted by atomic mass is 10.1. The molecule has 0 amide bonds. The maximum atomic E-state index is 9.43. The summed E-state index contributed by atoms with van der Waals surface area (Å²) in [5, 5.41) is 14.7. The lowest BCUT2D eigenvalue weighted by Crippen LogP contribution is -2.21. The molecule has 3 rings (SSSR count). The van der Waals surface area contributed by atoms with Crippen molar-refractivity contribution in [2.75, 3.05) is 0 Å². The smallest absolute Gasteiger partial charge is 0.184 e. The number of benzene rings is 1. The first-order valence-corrected chi connectivity index (χ1v) is 5.51. The molecule has 1 aliphatic rings. The summed E-state index contributed by atoms with van der Waals surface area (Å²) >= 11 is 0. The number of aromatic nitrogens is 1. The van der Waals surface area contributed by atoms with Crippen LogP contribution in [-0.4, -0.2) is 10.1 Å². The van der Waals surface area contributed by atoms with Crippen LogP contribution in [0.2, 0.25) is 0 Å². The van der Waals surface area contributed by atoms with Crippen molar-refractivity contribution in [2.24, 2.45) is 0 Å². The molecule has 0 saturated carbocycles. The van der Waals surface area contributed by atoms with Crippen molar-refractivity contribution in [3.05, 3.63) is 66.3 Å². The molecular formula is C14H12N2O. The van der Waals surface area contributed by atoms with Crippen LogP contribution < -0.4 is 5.32 Å². The Hall–Kier alpha value is -2.29. The van der Waals surface area contributed by atoms with Gasteiger partial charge in [-0.2, -0.15) is 0 Å². The Kier molecular flexibility index (Phi) is 2.29. The van der Waals surface area contributed by atoms with Crippen molar-refractivity contribution >= 4 is 10.8 Å². The minimum absolute atomic E-state index is 0.0652. The largest absolute Gasteiger partial charge is 0.495 e. The fourth-order valence-corrected chi connectivity index (χ4v) is 1.96. The highest BCUT2D eigenvalue weighted by Crippen LogP contribution is 2.20. The first-order chi connectivity index (χ1) is 8.33. The lowest BCUT2D eigenvalue weighted by molar-refractivity contribution is 0.349. The van der Waals surface area contributed by atoms with Crippen molar-refractivity contribution in [1.29, 1.82) is 0 Å². The van der Waals surface area contributed by atoms with Gasteiger partial charge in [-0.15, -0.1) is 0 Å². The number of nitrogens with one attached hydrogen (secondary N) is 1. The average Bonchev–Trinajstić information content (AvgIpc) is 2.38. The zero-order chi connectivity index (χ0) is 11.7. The zero-order valence-electron chi connectivity index (χ0n) is 9.17. The van der Waals surface area contributed by atoms with Crippen LogP contribution in [0.25, 0.3) is 10.8 Å². The van der Waals surface area contributed by atoms with Crippen molar-refractivity contribution in [3.63, 3.8) is 0 Å². The fourth-order valence-electron chi connectivity index (χ4n) is 1.96. The second kappa shape index (κ2) is 3.94. The topological polar surface area (TPSA) is 45.2 Å². The van der Waals surface area contributed by atoms with E-state index in [1.54, 1.807) is 6.08 Å². The van der Waals surface area contributed by atoms with Crippen LogP contribution in [0.5, 0.6) is 0 Å². The second-order valence-electron chi connectivity index (χ2n) is 4.02. The van der Waals surface area contributed by atoms with E-state index in [2.05, 4.69) is 16.4 Å². The Labute approximate surface area is 99.1 Å². The second-order valence-corrected chi connectivity index (χ2v) is 4.02. The molecule has 0 radical (unpaired) electrons. The number of hydrogen-bond acceptors (Lipinski definition) is 3. The van der Waals surface area contributed by atoms with Crippen LogP contribution in [0, 0.1) is 0 Å². The summed E-state index contributed by atoms with van der Waals surface area (Å²) in [6.07, 6.45) is 7.28. The van der Waals surface area contributed by atoms with Crippen molar-refractivity contribution < 1.29 is 5.11 Å². The highest BCUT2D eigenvalue weighted by Gasteiger charge is 2.12. The molecule has 84 valence electrons. The standard InChI is InChI=1S/C14H12N2O/c17-14-7-3-6-12(16-14)13-8-10-4-1-2-5-11(10)9-15-13/h1-9,12,16-17H. The first-order valence-electron chi connectivity index (χ1n) is 5.51. The van der Waals surface area contributed by atoms with E-state index in [0.29, 0.717) is 0 Å². The Bertz CT molecular complexity index is 616. The third kappa shape index (κ3) is 1.87. The predicted molar refractivity (Wildman–Crippen MR) is 67.5 cm³/mol. The van der Waals surface area contributed by atoms with Gasteiger partial charge in [0.15, 0.2) is 5.88 Å². The Balaban J connectivity index is 2.01. The molecule has 2 N–H and O–H groups in total. The SMILES string of the molecule is OC1=CC=CC(c2cc3ccccc3cn2)N1. The predicted octanol–water partition coefficient (Wildman–Crippen LogP) is 2.83. The van der Waals surface area contributed by atoms with Crippen molar-refractivity contribution in [3.8, 4) is 0 Å². The van der Waals surface area contributed by atoms with Gasteiger partial charge < -0.3 is 10.4 Å². The van der Waals surface area contributed by atoms with E-state index in [1.165, 1.54) is 0 Å². The normalized spacial score (nSPS) is 18.8. The molecule has 2 heterocycles. The average molecular weight is 224 g/mol. The van der Waals surface area contributed by atoms with Gasteiger partial charge in [0, 0.05) is 11.6 Å². The number of allylic oxidation sites excluding steroid dienone is 2. The van der Waals surface area contributed by atoms with Crippen LogP contribution >= 0.6 is 0 Å². The van der Waals surface area contributed by atoms with E-state index in [4.69, 9.17) is 0 Å². The summed E-state index contributed by atoms with van der Waals surface area (Å²) in [4.78, 5) is 4.41. The van der Waals surface area contributed by atoms with Gasteiger partial charge in [-0.25, -0.2) is 0 Å². The molecule has 17 heavy (non-hydrogen) atoms. The Morgan fingerprint density at radius 2 is 2.00 bits per heavy atom. The number of dihydropyridines is 1. The molecule has 1 atom stereocenters. The van der Waals surface area contributed by atoms with E-state index in [-0.39, 0.29) is 11.9 Å². The van der Waals surface area contributed by atoms with Crippen LogP contribution in [0.15, 0.2) is 60.6 Å². The van der Waals surface area contributed by atoms with E-state index in [9.17, 15) is 5.11 Å². The lowest BCUT2D eigenvalue weighted by Gasteiger charge is -2.17. The molecule has 1 unspecified atom stereocenters. The molecule has 0 aliphatic carbocycles. The summed E-state index contributed by atoms with van der Waals surface area (Å²) in [5.74, 6) is 0.174. The van der Waals surface area contributed by atoms with Gasteiger partial charge in [-0.3, -0.25) is 4.98 Å². The molecule has 0 saturated heterocycles. The minimum atomic E-state index is -0.0652. The zero-order valence-corrected chi connectivity index (χ0v) is 9.17. The summed E-state index contributed by atoms with van der Waals surface area (Å²) in [7, 11) is 0. The quantitative estimate of drug-likeness (QED) is 0.782. The molecule has 1 aliphatic heterocycles. The molecule has 0 fully saturated rings. The van der Waals surface area contributed by atoms with Gasteiger partial charge in [-0.1, -0.05) is 36.4 Å². The Morgan fingerprint density at radius 1 is 1.18 bits per heavy atom. The molecule has 2 aromatic rings. The van der Waals surface area contributed by atoms with Crippen LogP contribution in [0.3, 0.4) is 0 Å². The molecule has 0 spiro atoms. The fraction of sp³-hybridized carbons (Fsp3) is 0.0714. The number of hydrogen-bond donors (Lipinski definition) is 2. The number of aliphatic hydroxyl groups excluding tert-OH is 1. The monoisotopic (exact) mass is 224 g/mol. The molecule has 1 aromatic heterocycles. The van der Waals surface area contributed by atoms with Crippen molar-refractivity contribution in [2.45, 2.75) is 6.04 Å². The molecular weight excluding hydrogens is 212 g/mol. The highest BCUT2D eigenvalue weighted by molar-refractivity contribution is 5.81. The first kappa shape index (κ1) is 9.90. The van der Waals surface area contributed by atoms with E-state index in [0.717, 1.165) is 16.5 Å². The van der Waals surface area contributed by atoms with E-state index in [1.807, 2.05) is 42.6 Å². The minimum Gasteiger partial charge on any atom is -0.495 e. The van der Waals surface area contributed by atoms with Gasteiger partial charge in [0.05, 0.1) is 11.7 Å². The summed E-state index contributed by atoms with van der Waals surface area (Å²) in [6.45, 7) is 0. The van der Waals surface area contributed by atoms with Crippen molar-refractivity contribution in [1.82, 2.24) is 10.3 Å². The van der Waals surface area contributed by atoms with Gasteiger partial charge in [0.2, 0.25) is 0 Å². The van der Waals surface area contributed by atoms with E-state index < -0.39 is 0 Å².